The van der Waals surface area contributed by atoms with Gasteiger partial charge in [-0.05, 0) is 43.0 Å². The van der Waals surface area contributed by atoms with Crippen molar-refractivity contribution in [2.45, 2.75) is 25.8 Å². The molecule has 0 radical (unpaired) electrons. The highest BCUT2D eigenvalue weighted by Crippen LogP contribution is 2.29. The molecule has 0 heterocycles. The molecule has 1 aromatic carbocycles. The third kappa shape index (κ3) is 2.61. The van der Waals surface area contributed by atoms with Crippen LogP contribution in [0.3, 0.4) is 0 Å². The highest BCUT2D eigenvalue weighted by molar-refractivity contribution is 5.94. The topological polar surface area (TPSA) is 55.1 Å². The molecule has 3 N–H and O–H groups in total. The van der Waals surface area contributed by atoms with Crippen LogP contribution in [0.1, 0.15) is 29.3 Å². The lowest BCUT2D eigenvalue weighted by Crippen LogP contribution is -2.26. The predicted octanol–water partition coefficient (Wildman–Crippen LogP) is 1.33. The van der Waals surface area contributed by atoms with Crippen LogP contribution in [0.15, 0.2) is 24.3 Å². The minimum absolute atomic E-state index is 0.0354. The molecule has 1 aliphatic rings. The summed E-state index contributed by atoms with van der Waals surface area (Å²) in [5.74, 6) is 0.671. The maximum absolute atomic E-state index is 11.9. The van der Waals surface area contributed by atoms with E-state index in [1.807, 2.05) is 24.3 Å². The van der Waals surface area contributed by atoms with Gasteiger partial charge in [0, 0.05) is 11.6 Å². The van der Waals surface area contributed by atoms with Gasteiger partial charge in [-0.25, -0.2) is 0 Å². The van der Waals surface area contributed by atoms with Crippen LogP contribution >= 0.6 is 0 Å². The number of hydrogen-bond donors (Lipinski definition) is 2. The van der Waals surface area contributed by atoms with E-state index in [-0.39, 0.29) is 5.91 Å². The SMILES string of the molecule is CC1CC1NC(=O)c1cccc(CCN)c1. The quantitative estimate of drug-likeness (QED) is 0.801. The zero-order valence-corrected chi connectivity index (χ0v) is 9.57. The second-order valence-electron chi connectivity index (χ2n) is 4.53. The molecule has 86 valence electrons. The maximum Gasteiger partial charge on any atom is 0.251 e. The van der Waals surface area contributed by atoms with Gasteiger partial charge in [0.25, 0.3) is 5.91 Å². The van der Waals surface area contributed by atoms with Crippen LogP contribution in [0.2, 0.25) is 0 Å². The Balaban J connectivity index is 2.01. The van der Waals surface area contributed by atoms with Crippen molar-refractivity contribution in [1.29, 1.82) is 0 Å². The first-order chi connectivity index (χ1) is 7.70. The van der Waals surface area contributed by atoms with Gasteiger partial charge in [-0.2, -0.15) is 0 Å². The molecular formula is C13H18N2O. The Kier molecular flexibility index (Phi) is 3.25. The number of nitrogens with one attached hydrogen (secondary N) is 1. The van der Waals surface area contributed by atoms with Gasteiger partial charge < -0.3 is 11.1 Å². The molecule has 1 fully saturated rings. The third-order valence-electron chi connectivity index (χ3n) is 3.05. The van der Waals surface area contributed by atoms with Crippen LogP contribution in [0, 0.1) is 5.92 Å². The second kappa shape index (κ2) is 4.66. The average molecular weight is 218 g/mol. The number of amides is 1. The molecule has 2 rings (SSSR count). The zero-order chi connectivity index (χ0) is 11.5. The summed E-state index contributed by atoms with van der Waals surface area (Å²) in [6.07, 6.45) is 1.93. The van der Waals surface area contributed by atoms with Gasteiger partial charge in [0.15, 0.2) is 0 Å². The van der Waals surface area contributed by atoms with Crippen LogP contribution in [0.25, 0.3) is 0 Å². The number of carbonyl (C=O) groups excluding carboxylic acids is 1. The summed E-state index contributed by atoms with van der Waals surface area (Å²) in [6, 6.07) is 8.07. The van der Waals surface area contributed by atoms with E-state index < -0.39 is 0 Å². The van der Waals surface area contributed by atoms with E-state index in [9.17, 15) is 4.79 Å². The highest BCUT2D eigenvalue weighted by Gasteiger charge is 2.33. The van der Waals surface area contributed by atoms with E-state index in [0.29, 0.717) is 18.5 Å². The van der Waals surface area contributed by atoms with Gasteiger partial charge in [-0.1, -0.05) is 19.1 Å². The van der Waals surface area contributed by atoms with Gasteiger partial charge in [0.2, 0.25) is 0 Å². The van der Waals surface area contributed by atoms with Crippen molar-refractivity contribution in [1.82, 2.24) is 5.32 Å². The van der Waals surface area contributed by atoms with E-state index in [1.54, 1.807) is 0 Å². The van der Waals surface area contributed by atoms with Crippen LogP contribution in [-0.2, 0) is 6.42 Å². The Morgan fingerprint density at radius 2 is 2.31 bits per heavy atom. The lowest BCUT2D eigenvalue weighted by molar-refractivity contribution is 0.0949. The van der Waals surface area contributed by atoms with Gasteiger partial charge in [0.05, 0.1) is 0 Å². The number of nitrogens with two attached hydrogens (primary N) is 1. The molecule has 16 heavy (non-hydrogen) atoms. The van der Waals surface area contributed by atoms with Crippen molar-refractivity contribution in [3.05, 3.63) is 35.4 Å². The van der Waals surface area contributed by atoms with Gasteiger partial charge in [0.1, 0.15) is 0 Å². The fourth-order valence-corrected chi connectivity index (χ4v) is 1.81. The minimum Gasteiger partial charge on any atom is -0.349 e. The summed E-state index contributed by atoms with van der Waals surface area (Å²) in [4.78, 5) is 11.9. The highest BCUT2D eigenvalue weighted by atomic mass is 16.1. The molecule has 3 nitrogen and oxygen atoms in total. The monoisotopic (exact) mass is 218 g/mol. The smallest absolute Gasteiger partial charge is 0.251 e. The molecule has 1 aromatic rings. The molecule has 3 heteroatoms. The molecule has 0 spiro atoms. The summed E-state index contributed by atoms with van der Waals surface area (Å²) in [7, 11) is 0. The standard InChI is InChI=1S/C13H18N2O/c1-9-7-12(9)15-13(16)11-4-2-3-10(8-11)5-6-14/h2-4,8-9,12H,5-7,14H2,1H3,(H,15,16). The van der Waals surface area contributed by atoms with Crippen molar-refractivity contribution in [3.8, 4) is 0 Å². The number of hydrogen-bond acceptors (Lipinski definition) is 2. The second-order valence-corrected chi connectivity index (χ2v) is 4.53. The molecule has 0 saturated heterocycles. The summed E-state index contributed by atoms with van der Waals surface area (Å²) in [6.45, 7) is 2.76. The lowest BCUT2D eigenvalue weighted by atomic mass is 10.1. The van der Waals surface area contributed by atoms with Gasteiger partial charge >= 0.3 is 0 Å². The molecule has 2 atom stereocenters. The number of rotatable bonds is 4. The van der Waals surface area contributed by atoms with Crippen LogP contribution in [-0.4, -0.2) is 18.5 Å². The van der Waals surface area contributed by atoms with Crippen molar-refractivity contribution in [2.24, 2.45) is 11.7 Å². The fraction of sp³-hybridized carbons (Fsp3) is 0.462. The minimum atomic E-state index is 0.0354. The number of carbonyl (C=O) groups is 1. The molecule has 2 unspecified atom stereocenters. The maximum atomic E-state index is 11.9. The first kappa shape index (κ1) is 11.1. The van der Waals surface area contributed by atoms with E-state index in [4.69, 9.17) is 5.73 Å². The van der Waals surface area contributed by atoms with E-state index >= 15 is 0 Å². The summed E-state index contributed by atoms with van der Waals surface area (Å²) in [5, 5.41) is 3.02. The predicted molar refractivity (Wildman–Crippen MR) is 64.2 cm³/mol. The Morgan fingerprint density at radius 3 is 2.94 bits per heavy atom. The Labute approximate surface area is 96.0 Å². The van der Waals surface area contributed by atoms with E-state index in [2.05, 4.69) is 12.2 Å². The summed E-state index contributed by atoms with van der Waals surface area (Å²) < 4.78 is 0. The van der Waals surface area contributed by atoms with Gasteiger partial charge in [-0.3, -0.25) is 4.79 Å². The summed E-state index contributed by atoms with van der Waals surface area (Å²) >= 11 is 0. The molecule has 0 aromatic heterocycles. The van der Waals surface area contributed by atoms with Crippen molar-refractivity contribution in [2.75, 3.05) is 6.54 Å². The number of benzene rings is 1. The molecule has 1 aliphatic carbocycles. The molecule has 0 bridgehead atoms. The normalized spacial score (nSPS) is 22.9. The zero-order valence-electron chi connectivity index (χ0n) is 9.57. The Bertz CT molecular complexity index is 389. The fourth-order valence-electron chi connectivity index (χ4n) is 1.81. The van der Waals surface area contributed by atoms with Crippen molar-refractivity contribution < 1.29 is 4.79 Å². The molecule has 0 aliphatic heterocycles. The van der Waals surface area contributed by atoms with E-state index in [1.165, 1.54) is 0 Å². The van der Waals surface area contributed by atoms with Crippen molar-refractivity contribution >= 4 is 5.91 Å². The first-order valence-corrected chi connectivity index (χ1v) is 5.80. The van der Waals surface area contributed by atoms with Crippen LogP contribution in [0.5, 0.6) is 0 Å². The third-order valence-corrected chi connectivity index (χ3v) is 3.05. The van der Waals surface area contributed by atoms with E-state index in [0.717, 1.165) is 24.0 Å². The molecule has 1 amide bonds. The Morgan fingerprint density at radius 1 is 1.56 bits per heavy atom. The Hall–Kier alpha value is -1.35. The van der Waals surface area contributed by atoms with Crippen LogP contribution < -0.4 is 11.1 Å². The summed E-state index contributed by atoms with van der Waals surface area (Å²) in [5.41, 5.74) is 7.36. The molecular weight excluding hydrogens is 200 g/mol. The van der Waals surface area contributed by atoms with Crippen LogP contribution in [0.4, 0.5) is 0 Å². The largest absolute Gasteiger partial charge is 0.349 e. The lowest BCUT2D eigenvalue weighted by Gasteiger charge is -2.05. The first-order valence-electron chi connectivity index (χ1n) is 5.80. The van der Waals surface area contributed by atoms with Gasteiger partial charge in [-0.15, -0.1) is 0 Å². The molecule has 1 saturated carbocycles. The van der Waals surface area contributed by atoms with Crippen molar-refractivity contribution in [3.63, 3.8) is 0 Å². The average Bonchev–Trinajstić information content (AvgIpc) is 2.95.